The van der Waals surface area contributed by atoms with Crippen LogP contribution in [0.15, 0.2) is 48.6 Å². The molecular weight excluding hydrogens is 608 g/mol. The van der Waals surface area contributed by atoms with Gasteiger partial charge in [-0.25, -0.2) is 4.21 Å². The summed E-state index contributed by atoms with van der Waals surface area (Å²) in [5, 5.41) is 0.496. The Labute approximate surface area is 276 Å². The second-order valence-corrected chi connectivity index (χ2v) is 15.0. The fourth-order valence-electron chi connectivity index (χ4n) is 7.35. The highest BCUT2D eigenvalue weighted by molar-refractivity contribution is 7.84. The van der Waals surface area contributed by atoms with Gasteiger partial charge >= 0.3 is 0 Å². The summed E-state index contributed by atoms with van der Waals surface area (Å²) in [6.07, 6.45) is 9.91. The number of benzene rings is 2. The van der Waals surface area contributed by atoms with Crippen LogP contribution in [-0.4, -0.2) is 61.5 Å². The van der Waals surface area contributed by atoms with Crippen LogP contribution < -0.4 is 14.4 Å². The van der Waals surface area contributed by atoms with Crippen LogP contribution in [0.2, 0.25) is 5.02 Å². The first-order valence-corrected chi connectivity index (χ1v) is 18.0. The fraction of sp³-hybridized carbons (Fsp3) is 0.583. The predicted molar refractivity (Wildman–Crippen MR) is 183 cm³/mol. The van der Waals surface area contributed by atoms with Crippen LogP contribution in [0.5, 0.6) is 5.75 Å². The van der Waals surface area contributed by atoms with Crippen molar-refractivity contribution in [3.8, 4) is 5.75 Å². The van der Waals surface area contributed by atoms with Crippen LogP contribution in [0.3, 0.4) is 0 Å². The molecule has 0 aromatic heterocycles. The standard InChI is InChI=1S/C36H49ClN2O5S/c1-6-8-25-19-29(37)12-13-30(25)28-22-39-21-27-10-14-31(27)36(3,43-5)17-7-9-24(2)34(16-18-42-4)45(41)38-35(40)26-11-15-33(44-23-28)32(39)20-26/h7,11-13,15,17,19-20,24,27-28,31,34H,6,8-10,14,16,18,21-23H2,1-5H3,(H,38,40)/b17-7+/t24?,27?,28?,31?,34?,36-,45?/m0/s1. The average Bonchev–Trinajstić information content (AvgIpc) is 3.18. The van der Waals surface area contributed by atoms with Crippen LogP contribution >= 0.6 is 11.6 Å². The number of aryl methyl sites for hydroxylation is 1. The number of methoxy groups -OCH3 is 2. The number of fused-ring (bicyclic) bond motifs is 2. The van der Waals surface area contributed by atoms with Crippen molar-refractivity contribution >= 4 is 34.2 Å². The molecular formula is C36H49ClN2O5S. The van der Waals surface area contributed by atoms with Crippen molar-refractivity contribution in [2.75, 3.05) is 45.4 Å². The van der Waals surface area contributed by atoms with Crippen molar-refractivity contribution < 1.29 is 23.2 Å². The minimum absolute atomic E-state index is 0.0714. The van der Waals surface area contributed by atoms with Crippen LogP contribution in [0.1, 0.15) is 80.3 Å². The SMILES string of the molecule is CCCc1cc(Cl)ccc1C1COc2ccc3cc2N(C1)CC1CCC1[C@@](C)(OC)/C=C/CC(C)C(CCOC)S(=O)NC3=O. The highest BCUT2D eigenvalue weighted by Crippen LogP contribution is 2.47. The largest absolute Gasteiger partial charge is 0.491 e. The highest BCUT2D eigenvalue weighted by atomic mass is 35.5. The van der Waals surface area contributed by atoms with E-state index in [9.17, 15) is 9.00 Å². The third kappa shape index (κ3) is 7.61. The molecule has 2 aliphatic heterocycles. The quantitative estimate of drug-likeness (QED) is 0.321. The second-order valence-electron chi connectivity index (χ2n) is 13.2. The van der Waals surface area contributed by atoms with Crippen LogP contribution in [0.4, 0.5) is 5.69 Å². The zero-order valence-corrected chi connectivity index (χ0v) is 28.9. The molecule has 1 aliphatic carbocycles. The van der Waals surface area contributed by atoms with Gasteiger partial charge in [0.25, 0.3) is 5.91 Å². The Kier molecular flexibility index (Phi) is 11.3. The summed E-state index contributed by atoms with van der Waals surface area (Å²) in [7, 11) is 1.86. The van der Waals surface area contributed by atoms with E-state index in [-0.39, 0.29) is 23.0 Å². The number of rotatable bonds is 7. The highest BCUT2D eigenvalue weighted by Gasteiger charge is 2.45. The molecule has 1 N–H and O–H groups in total. The molecule has 2 bridgehead atoms. The van der Waals surface area contributed by atoms with Crippen LogP contribution in [0, 0.1) is 17.8 Å². The van der Waals surface area contributed by atoms with Gasteiger partial charge in [-0.3, -0.25) is 9.52 Å². The van der Waals surface area contributed by atoms with Gasteiger partial charge < -0.3 is 19.1 Å². The average molecular weight is 657 g/mol. The summed E-state index contributed by atoms with van der Waals surface area (Å²) in [5.74, 6) is 1.38. The second kappa shape index (κ2) is 15.0. The molecule has 0 radical (unpaired) electrons. The summed E-state index contributed by atoms with van der Waals surface area (Å²) < 4.78 is 34.5. The van der Waals surface area contributed by atoms with Crippen molar-refractivity contribution in [1.29, 1.82) is 0 Å². The minimum atomic E-state index is -1.59. The van der Waals surface area contributed by atoms with Crippen molar-refractivity contribution in [3.05, 3.63) is 70.3 Å². The molecule has 2 aromatic carbocycles. The maximum atomic E-state index is 13.6. The van der Waals surface area contributed by atoms with Gasteiger partial charge in [0.15, 0.2) is 0 Å². The van der Waals surface area contributed by atoms with Crippen LogP contribution in [0.25, 0.3) is 0 Å². The topological polar surface area (TPSA) is 77.1 Å². The Hall–Kier alpha value is -2.39. The van der Waals surface area contributed by atoms with Gasteiger partial charge in [0.1, 0.15) is 16.7 Å². The summed E-state index contributed by atoms with van der Waals surface area (Å²) in [4.78, 5) is 16.0. The summed E-state index contributed by atoms with van der Waals surface area (Å²) >= 11 is 6.43. The number of carbonyl (C=O) groups excluding carboxylic acids is 1. The number of nitrogens with zero attached hydrogens (tertiary/aromatic N) is 1. The molecule has 5 rings (SSSR count). The molecule has 2 heterocycles. The lowest BCUT2D eigenvalue weighted by atomic mass is 9.64. The molecule has 3 aliphatic rings. The third-order valence-electron chi connectivity index (χ3n) is 10.2. The molecule has 1 saturated carbocycles. The lowest BCUT2D eigenvalue weighted by Crippen LogP contribution is -2.49. The van der Waals surface area contributed by atoms with E-state index in [1.165, 1.54) is 11.1 Å². The van der Waals surface area contributed by atoms with E-state index >= 15 is 0 Å². The van der Waals surface area contributed by atoms with Gasteiger partial charge in [-0.15, -0.1) is 0 Å². The Morgan fingerprint density at radius 2 is 1.98 bits per heavy atom. The summed E-state index contributed by atoms with van der Waals surface area (Å²) in [6.45, 7) is 9.06. The Balaban J connectivity index is 1.55. The van der Waals surface area contributed by atoms with E-state index in [4.69, 9.17) is 25.8 Å². The zero-order valence-electron chi connectivity index (χ0n) is 27.4. The first kappa shape index (κ1) is 34.0. The lowest BCUT2D eigenvalue weighted by Gasteiger charge is -2.48. The van der Waals surface area contributed by atoms with E-state index in [0.717, 1.165) is 61.7 Å². The minimum Gasteiger partial charge on any atom is -0.491 e. The maximum absolute atomic E-state index is 13.6. The van der Waals surface area contributed by atoms with Gasteiger partial charge in [0.2, 0.25) is 0 Å². The normalized spacial score (nSPS) is 31.2. The van der Waals surface area contributed by atoms with Gasteiger partial charge in [0.05, 0.1) is 23.1 Å². The van der Waals surface area contributed by atoms with Crippen molar-refractivity contribution in [3.63, 3.8) is 0 Å². The Morgan fingerprint density at radius 1 is 1.16 bits per heavy atom. The first-order valence-electron chi connectivity index (χ1n) is 16.4. The number of nitrogens with one attached hydrogen (secondary N) is 1. The maximum Gasteiger partial charge on any atom is 0.263 e. The zero-order chi connectivity index (χ0) is 32.1. The number of anilines is 1. The number of ether oxygens (including phenoxy) is 3. The van der Waals surface area contributed by atoms with Crippen molar-refractivity contribution in [2.24, 2.45) is 17.8 Å². The van der Waals surface area contributed by atoms with Gasteiger partial charge in [-0.1, -0.05) is 50.1 Å². The molecule has 1 amide bonds. The number of allylic oxidation sites excluding steroid dienone is 1. The summed E-state index contributed by atoms with van der Waals surface area (Å²) in [5.41, 5.74) is 3.49. The van der Waals surface area contributed by atoms with Crippen LogP contribution in [-0.2, 0) is 26.9 Å². The molecule has 6 unspecified atom stereocenters. The van der Waals surface area contributed by atoms with E-state index in [1.54, 1.807) is 20.3 Å². The molecule has 45 heavy (non-hydrogen) atoms. The Morgan fingerprint density at radius 3 is 2.69 bits per heavy atom. The van der Waals surface area contributed by atoms with Gasteiger partial charge in [0, 0.05) is 50.4 Å². The van der Waals surface area contributed by atoms with E-state index in [2.05, 4.69) is 54.7 Å². The molecule has 9 heteroatoms. The molecule has 0 spiro atoms. The van der Waals surface area contributed by atoms with Gasteiger partial charge in [-0.05, 0) is 98.2 Å². The molecule has 246 valence electrons. The molecule has 7 atom stereocenters. The van der Waals surface area contributed by atoms with Crippen molar-refractivity contribution in [1.82, 2.24) is 4.72 Å². The van der Waals surface area contributed by atoms with E-state index in [0.29, 0.717) is 37.0 Å². The number of carbonyl (C=O) groups is 1. The van der Waals surface area contributed by atoms with E-state index in [1.807, 2.05) is 18.2 Å². The smallest absolute Gasteiger partial charge is 0.263 e. The monoisotopic (exact) mass is 656 g/mol. The number of hydrogen-bond acceptors (Lipinski definition) is 6. The van der Waals surface area contributed by atoms with Crippen molar-refractivity contribution in [2.45, 2.75) is 76.1 Å². The third-order valence-corrected chi connectivity index (χ3v) is 12.1. The summed E-state index contributed by atoms with van der Waals surface area (Å²) in [6, 6.07) is 11.8. The predicted octanol–water partition coefficient (Wildman–Crippen LogP) is 7.10. The number of halogens is 1. The number of amides is 1. The van der Waals surface area contributed by atoms with Gasteiger partial charge in [-0.2, -0.15) is 0 Å². The van der Waals surface area contributed by atoms with E-state index < -0.39 is 16.6 Å². The first-order chi connectivity index (χ1) is 21.7. The molecule has 1 fully saturated rings. The number of hydrogen-bond donors (Lipinski definition) is 1. The molecule has 7 nitrogen and oxygen atoms in total. The Bertz CT molecular complexity index is 1400. The fourth-order valence-corrected chi connectivity index (χ4v) is 8.84. The lowest BCUT2D eigenvalue weighted by molar-refractivity contribution is -0.0620. The molecule has 0 saturated heterocycles. The molecule has 2 aromatic rings.